The summed E-state index contributed by atoms with van der Waals surface area (Å²) in [4.78, 5) is 28.1. The number of hydrogen-bond acceptors (Lipinski definition) is 4. The van der Waals surface area contributed by atoms with Gasteiger partial charge in [-0.3, -0.25) is 9.59 Å². The molecule has 3 aromatic rings. The summed E-state index contributed by atoms with van der Waals surface area (Å²) < 4.78 is 72.1. The number of carbonyl (C=O) groups is 2. The molecule has 0 aromatic heterocycles. The molecule has 1 unspecified atom stereocenters. The maximum atomic E-state index is 14.7. The molecule has 1 aliphatic carbocycles. The molecule has 0 radical (unpaired) electrons. The standard InChI is InChI=1S/C31H29ClF5N3O3/c32-23-15-21(12-13-26(23)41)39-29(42)22-14-18(31(35,36)37)16-40(30(43)27-24(33)6-3-7-25(27)34)28(22)17-8-10-20(11-9-17)38-19-4-1-2-5-19/h3,6-13,15,18-19,22,28,38,41H,1-2,4-5,14,16H2,(H,39,42)/t18-,22+,28?/m1/s1. The summed E-state index contributed by atoms with van der Waals surface area (Å²) in [6.45, 7) is -0.905. The summed E-state index contributed by atoms with van der Waals surface area (Å²) in [6, 6.07) is 12.1. The lowest BCUT2D eigenvalue weighted by molar-refractivity contribution is -0.193. The third kappa shape index (κ3) is 6.71. The lowest BCUT2D eigenvalue weighted by Gasteiger charge is -2.44. The minimum Gasteiger partial charge on any atom is -0.506 e. The van der Waals surface area contributed by atoms with Gasteiger partial charge >= 0.3 is 6.18 Å². The number of hydrogen-bond donors (Lipinski definition) is 3. The molecule has 3 atom stereocenters. The van der Waals surface area contributed by atoms with Crippen LogP contribution in [0.15, 0.2) is 60.7 Å². The van der Waals surface area contributed by atoms with Gasteiger partial charge in [0, 0.05) is 24.0 Å². The van der Waals surface area contributed by atoms with E-state index in [1.54, 1.807) is 24.3 Å². The average molecular weight is 622 g/mol. The second kappa shape index (κ2) is 12.4. The van der Waals surface area contributed by atoms with E-state index < -0.39 is 66.0 Å². The molecule has 3 aromatic carbocycles. The number of piperidine rings is 1. The van der Waals surface area contributed by atoms with Crippen molar-refractivity contribution >= 4 is 34.8 Å². The molecule has 0 bridgehead atoms. The fraction of sp³-hybridized carbons (Fsp3) is 0.355. The molecule has 1 heterocycles. The first kappa shape index (κ1) is 30.6. The van der Waals surface area contributed by atoms with Crippen molar-refractivity contribution in [3.8, 4) is 5.75 Å². The maximum absolute atomic E-state index is 14.7. The molecule has 43 heavy (non-hydrogen) atoms. The van der Waals surface area contributed by atoms with Crippen molar-refractivity contribution in [1.82, 2.24) is 4.90 Å². The number of anilines is 2. The van der Waals surface area contributed by atoms with E-state index in [0.29, 0.717) is 5.56 Å². The van der Waals surface area contributed by atoms with E-state index in [0.717, 1.165) is 54.5 Å². The Bertz CT molecular complexity index is 1470. The summed E-state index contributed by atoms with van der Waals surface area (Å²) in [6.07, 6.45) is -1.29. The smallest absolute Gasteiger partial charge is 0.393 e. The zero-order valence-corrected chi connectivity index (χ0v) is 23.6. The lowest BCUT2D eigenvalue weighted by atomic mass is 9.78. The molecule has 0 spiro atoms. The number of alkyl halides is 3. The molecular weight excluding hydrogens is 593 g/mol. The highest BCUT2D eigenvalue weighted by atomic mass is 35.5. The highest BCUT2D eigenvalue weighted by molar-refractivity contribution is 6.32. The van der Waals surface area contributed by atoms with E-state index in [1.807, 2.05) is 0 Å². The van der Waals surface area contributed by atoms with Gasteiger partial charge in [0.2, 0.25) is 5.91 Å². The average Bonchev–Trinajstić information content (AvgIpc) is 3.47. The summed E-state index contributed by atoms with van der Waals surface area (Å²) in [5.41, 5.74) is 0.193. The van der Waals surface area contributed by atoms with Crippen LogP contribution >= 0.6 is 11.6 Å². The Labute approximate surface area is 249 Å². The number of likely N-dealkylation sites (tertiary alicyclic amines) is 1. The van der Waals surface area contributed by atoms with E-state index in [-0.39, 0.29) is 22.5 Å². The van der Waals surface area contributed by atoms with Crippen molar-refractivity contribution in [3.63, 3.8) is 0 Å². The van der Waals surface area contributed by atoms with Crippen LogP contribution in [0.25, 0.3) is 0 Å². The monoisotopic (exact) mass is 621 g/mol. The Morgan fingerprint density at radius 3 is 2.16 bits per heavy atom. The SMILES string of the molecule is O=C(Nc1ccc(O)c(Cl)c1)[C@H]1C[C@@H](C(F)(F)F)CN(C(=O)c2c(F)cccc2F)C1c1ccc(NC2CCCC2)cc1. The molecule has 6 nitrogen and oxygen atoms in total. The van der Waals surface area contributed by atoms with Gasteiger partial charge in [0.1, 0.15) is 22.9 Å². The number of rotatable bonds is 6. The van der Waals surface area contributed by atoms with E-state index in [2.05, 4.69) is 10.6 Å². The topological polar surface area (TPSA) is 81.7 Å². The number of aromatic hydroxyl groups is 1. The van der Waals surface area contributed by atoms with E-state index in [9.17, 15) is 36.6 Å². The van der Waals surface area contributed by atoms with Crippen LogP contribution in [0.1, 0.15) is 54.1 Å². The fourth-order valence-electron chi connectivity index (χ4n) is 5.93. The predicted octanol–water partition coefficient (Wildman–Crippen LogP) is 7.70. The van der Waals surface area contributed by atoms with Crippen LogP contribution in [-0.2, 0) is 4.79 Å². The van der Waals surface area contributed by atoms with Gasteiger partial charge in [-0.1, -0.05) is 42.6 Å². The third-order valence-corrected chi connectivity index (χ3v) is 8.41. The number of phenolic OH excluding ortho intramolecular Hbond substituents is 1. The Morgan fingerprint density at radius 1 is 0.930 bits per heavy atom. The van der Waals surface area contributed by atoms with E-state index in [1.165, 1.54) is 18.2 Å². The molecule has 228 valence electrons. The molecule has 12 heteroatoms. The molecule has 1 saturated carbocycles. The van der Waals surface area contributed by atoms with Crippen molar-refractivity contribution in [2.24, 2.45) is 11.8 Å². The first-order chi connectivity index (χ1) is 20.4. The number of carbonyl (C=O) groups excluding carboxylic acids is 2. The van der Waals surface area contributed by atoms with Crippen LogP contribution in [0, 0.1) is 23.5 Å². The van der Waals surface area contributed by atoms with Crippen molar-refractivity contribution in [2.75, 3.05) is 17.2 Å². The summed E-state index contributed by atoms with van der Waals surface area (Å²) in [5, 5.41) is 15.6. The quantitative estimate of drug-likeness (QED) is 0.195. The summed E-state index contributed by atoms with van der Waals surface area (Å²) in [5.74, 6) is -8.50. The van der Waals surface area contributed by atoms with Gasteiger partial charge < -0.3 is 20.6 Å². The number of benzene rings is 3. The lowest BCUT2D eigenvalue weighted by Crippen LogP contribution is -2.52. The number of nitrogens with zero attached hydrogens (tertiary/aromatic N) is 1. The minimum absolute atomic E-state index is 0.0941. The van der Waals surface area contributed by atoms with Crippen molar-refractivity contribution in [1.29, 1.82) is 0 Å². The first-order valence-corrected chi connectivity index (χ1v) is 14.3. The van der Waals surface area contributed by atoms with Crippen LogP contribution < -0.4 is 10.6 Å². The molecule has 3 N–H and O–H groups in total. The number of nitrogens with one attached hydrogen (secondary N) is 2. The molecule has 2 aliphatic rings. The van der Waals surface area contributed by atoms with Crippen molar-refractivity contribution in [3.05, 3.63) is 88.4 Å². The Kier molecular flexibility index (Phi) is 8.82. The van der Waals surface area contributed by atoms with Crippen LogP contribution in [-0.4, -0.2) is 40.6 Å². The first-order valence-electron chi connectivity index (χ1n) is 13.9. The molecule has 1 saturated heterocycles. The number of phenols is 1. The van der Waals surface area contributed by atoms with Gasteiger partial charge in [0.25, 0.3) is 5.91 Å². The fourth-order valence-corrected chi connectivity index (χ4v) is 6.12. The number of halogens is 6. The van der Waals surface area contributed by atoms with E-state index >= 15 is 0 Å². The van der Waals surface area contributed by atoms with Crippen molar-refractivity contribution < 1.29 is 36.6 Å². The molecule has 2 fully saturated rings. The summed E-state index contributed by atoms with van der Waals surface area (Å²) >= 11 is 5.95. The van der Waals surface area contributed by atoms with Crippen LogP contribution in [0.4, 0.5) is 33.3 Å². The third-order valence-electron chi connectivity index (χ3n) is 8.10. The molecule has 5 rings (SSSR count). The normalized spacial score (nSPS) is 21.1. The van der Waals surface area contributed by atoms with Crippen molar-refractivity contribution in [2.45, 2.75) is 50.4 Å². The van der Waals surface area contributed by atoms with Crippen LogP contribution in [0.2, 0.25) is 5.02 Å². The highest BCUT2D eigenvalue weighted by Crippen LogP contribution is 2.45. The van der Waals surface area contributed by atoms with Crippen LogP contribution in [0.5, 0.6) is 5.75 Å². The van der Waals surface area contributed by atoms with Gasteiger partial charge in [-0.05, 0) is 67.3 Å². The Morgan fingerprint density at radius 2 is 1.56 bits per heavy atom. The number of amides is 2. The zero-order chi connectivity index (χ0) is 30.9. The van der Waals surface area contributed by atoms with Gasteiger partial charge in [-0.15, -0.1) is 0 Å². The van der Waals surface area contributed by atoms with E-state index in [4.69, 9.17) is 11.6 Å². The Balaban J connectivity index is 1.56. The highest BCUT2D eigenvalue weighted by Gasteiger charge is 2.52. The van der Waals surface area contributed by atoms with Gasteiger partial charge in [0.05, 0.1) is 22.9 Å². The second-order valence-electron chi connectivity index (χ2n) is 11.0. The van der Waals surface area contributed by atoms with Gasteiger partial charge in [0.15, 0.2) is 0 Å². The minimum atomic E-state index is -4.81. The summed E-state index contributed by atoms with van der Waals surface area (Å²) in [7, 11) is 0. The van der Waals surface area contributed by atoms with Gasteiger partial charge in [-0.25, -0.2) is 8.78 Å². The molecular formula is C31H29ClF5N3O3. The molecule has 2 amide bonds. The maximum Gasteiger partial charge on any atom is 0.393 e. The second-order valence-corrected chi connectivity index (χ2v) is 11.4. The Hall–Kier alpha value is -3.86. The van der Waals surface area contributed by atoms with Crippen LogP contribution in [0.3, 0.4) is 0 Å². The van der Waals surface area contributed by atoms with Gasteiger partial charge in [-0.2, -0.15) is 13.2 Å². The largest absolute Gasteiger partial charge is 0.506 e. The zero-order valence-electron chi connectivity index (χ0n) is 22.8. The molecule has 1 aliphatic heterocycles. The predicted molar refractivity (Wildman–Crippen MR) is 152 cm³/mol.